The molecule has 0 aromatic heterocycles. The summed E-state index contributed by atoms with van der Waals surface area (Å²) in [6.45, 7) is 0.306. The zero-order chi connectivity index (χ0) is 21.8. The first kappa shape index (κ1) is 21.7. The Morgan fingerprint density at radius 2 is 1.83 bits per heavy atom. The van der Waals surface area contributed by atoms with Crippen LogP contribution in [-0.2, 0) is 21.4 Å². The summed E-state index contributed by atoms with van der Waals surface area (Å²) in [5.74, 6) is -0.740. The smallest absolute Gasteiger partial charge is 0.405 e. The second-order valence-corrected chi connectivity index (χ2v) is 8.55. The number of hydrogen-bond donors (Lipinski definition) is 1. The predicted octanol–water partition coefficient (Wildman–Crippen LogP) is 3.45. The molecule has 1 aliphatic rings. The maximum atomic E-state index is 12.4. The van der Waals surface area contributed by atoms with Gasteiger partial charge in [0, 0.05) is 24.7 Å². The van der Waals surface area contributed by atoms with Gasteiger partial charge in [-0.3, -0.25) is 9.10 Å². The first-order valence-electron chi connectivity index (χ1n) is 9.04. The molecule has 1 aliphatic heterocycles. The maximum absolute atomic E-state index is 12.4. The van der Waals surface area contributed by atoms with Crippen molar-refractivity contribution in [3.05, 3.63) is 65.7 Å². The molecule has 6 nitrogen and oxygen atoms in total. The summed E-state index contributed by atoms with van der Waals surface area (Å²) < 4.78 is 66.5. The summed E-state index contributed by atoms with van der Waals surface area (Å²) in [6.07, 6.45) is -1.47. The van der Waals surface area contributed by atoms with Gasteiger partial charge in [0.2, 0.25) is 15.9 Å². The van der Waals surface area contributed by atoms with Gasteiger partial charge in [0.25, 0.3) is 0 Å². The van der Waals surface area contributed by atoms with Gasteiger partial charge >= 0.3 is 6.36 Å². The highest BCUT2D eigenvalue weighted by atomic mass is 32.2. The van der Waals surface area contributed by atoms with Gasteiger partial charge in [-0.25, -0.2) is 8.42 Å². The molecule has 0 saturated carbocycles. The van der Waals surface area contributed by atoms with Crippen molar-refractivity contribution >= 4 is 27.7 Å². The van der Waals surface area contributed by atoms with Crippen molar-refractivity contribution in [3.63, 3.8) is 0 Å². The van der Waals surface area contributed by atoms with Gasteiger partial charge in [-0.1, -0.05) is 30.3 Å². The van der Waals surface area contributed by atoms with Gasteiger partial charge in [0.15, 0.2) is 0 Å². The standard InChI is InChI=1S/C20H19F3N2O4S/c21-20(22,23)29-18-5-2-1-4-16(18)14-24-19(26)11-8-15-6-9-17(10-7-15)25-12-3-13-30(25,27)28/h1-2,4-11H,3,12-14H2,(H,24,26)/b11-8+. The number of halogens is 3. The van der Waals surface area contributed by atoms with Crippen LogP contribution in [0.15, 0.2) is 54.6 Å². The number of nitrogens with one attached hydrogen (secondary N) is 1. The predicted molar refractivity (Wildman–Crippen MR) is 106 cm³/mol. The summed E-state index contributed by atoms with van der Waals surface area (Å²) in [5.41, 5.74) is 1.43. The summed E-state index contributed by atoms with van der Waals surface area (Å²) in [5, 5.41) is 2.50. The zero-order valence-corrected chi connectivity index (χ0v) is 16.5. The van der Waals surface area contributed by atoms with E-state index in [0.717, 1.165) is 0 Å². The molecule has 0 unspecified atom stereocenters. The minimum absolute atomic E-state index is 0.131. The lowest BCUT2D eigenvalue weighted by atomic mass is 10.2. The second-order valence-electron chi connectivity index (χ2n) is 6.54. The number of hydrogen-bond acceptors (Lipinski definition) is 4. The molecule has 10 heteroatoms. The fourth-order valence-electron chi connectivity index (χ4n) is 2.97. The molecule has 3 rings (SSSR count). The summed E-state index contributed by atoms with van der Waals surface area (Å²) in [4.78, 5) is 12.0. The molecule has 0 aliphatic carbocycles. The van der Waals surface area contributed by atoms with Crippen molar-refractivity contribution in [2.75, 3.05) is 16.6 Å². The maximum Gasteiger partial charge on any atom is 0.573 e. The lowest BCUT2D eigenvalue weighted by Gasteiger charge is -2.16. The van der Waals surface area contributed by atoms with Gasteiger partial charge in [-0.15, -0.1) is 13.2 Å². The molecule has 30 heavy (non-hydrogen) atoms. The number of para-hydroxylation sites is 1. The molecule has 0 atom stereocenters. The number of ether oxygens (including phenoxy) is 1. The van der Waals surface area contributed by atoms with Gasteiger partial charge in [-0.05, 0) is 36.3 Å². The second kappa shape index (κ2) is 8.78. The zero-order valence-electron chi connectivity index (χ0n) is 15.7. The third kappa shape index (κ3) is 5.76. The number of carbonyl (C=O) groups is 1. The van der Waals surface area contributed by atoms with Gasteiger partial charge in [0.1, 0.15) is 5.75 Å². The summed E-state index contributed by atoms with van der Waals surface area (Å²) >= 11 is 0. The van der Waals surface area contributed by atoms with Crippen LogP contribution in [0.4, 0.5) is 18.9 Å². The van der Waals surface area contributed by atoms with Crippen molar-refractivity contribution in [2.24, 2.45) is 0 Å². The van der Waals surface area contributed by atoms with Crippen molar-refractivity contribution < 1.29 is 31.1 Å². The Balaban J connectivity index is 1.58. The highest BCUT2D eigenvalue weighted by Gasteiger charge is 2.32. The highest BCUT2D eigenvalue weighted by molar-refractivity contribution is 7.93. The van der Waals surface area contributed by atoms with Crippen molar-refractivity contribution in [1.29, 1.82) is 0 Å². The molecule has 1 fully saturated rings. The summed E-state index contributed by atoms with van der Waals surface area (Å²) in [6, 6.07) is 12.2. The number of carbonyl (C=O) groups excluding carboxylic acids is 1. The van der Waals surface area contributed by atoms with Gasteiger partial charge in [-0.2, -0.15) is 0 Å². The molecule has 1 N–H and O–H groups in total. The Kier molecular flexibility index (Phi) is 6.35. The fourth-order valence-corrected chi connectivity index (χ4v) is 4.53. The van der Waals surface area contributed by atoms with Crippen molar-refractivity contribution in [3.8, 4) is 5.75 Å². The van der Waals surface area contributed by atoms with Crippen LogP contribution in [0.2, 0.25) is 0 Å². The van der Waals surface area contributed by atoms with Crippen LogP contribution in [0.1, 0.15) is 17.5 Å². The number of benzene rings is 2. The van der Waals surface area contributed by atoms with E-state index in [1.807, 2.05) is 0 Å². The van der Waals surface area contributed by atoms with E-state index in [-0.39, 0.29) is 23.6 Å². The number of sulfonamides is 1. The number of alkyl halides is 3. The molecular formula is C20H19F3N2O4S. The van der Waals surface area contributed by atoms with E-state index in [4.69, 9.17) is 0 Å². The van der Waals surface area contributed by atoms with Crippen molar-refractivity contribution in [1.82, 2.24) is 5.32 Å². The molecular weight excluding hydrogens is 421 g/mol. The third-order valence-corrected chi connectivity index (χ3v) is 6.23. The fraction of sp³-hybridized carbons (Fsp3) is 0.250. The average Bonchev–Trinajstić information content (AvgIpc) is 3.04. The molecule has 1 saturated heterocycles. The number of rotatable bonds is 6. The molecule has 2 aromatic carbocycles. The Bertz CT molecular complexity index is 1030. The molecule has 0 spiro atoms. The Morgan fingerprint density at radius 3 is 2.47 bits per heavy atom. The van der Waals surface area contributed by atoms with E-state index < -0.39 is 22.3 Å². The number of amides is 1. The largest absolute Gasteiger partial charge is 0.573 e. The van der Waals surface area contributed by atoms with Crippen LogP contribution in [0, 0.1) is 0 Å². The van der Waals surface area contributed by atoms with E-state index in [9.17, 15) is 26.4 Å². The average molecular weight is 440 g/mol. The van der Waals surface area contributed by atoms with Crippen LogP contribution >= 0.6 is 0 Å². The minimum atomic E-state index is -4.82. The first-order valence-corrected chi connectivity index (χ1v) is 10.6. The topological polar surface area (TPSA) is 75.7 Å². The van der Waals surface area contributed by atoms with Gasteiger partial charge < -0.3 is 10.1 Å². The first-order chi connectivity index (χ1) is 14.1. The molecule has 160 valence electrons. The molecule has 0 bridgehead atoms. The van der Waals surface area contributed by atoms with Crippen LogP contribution in [0.3, 0.4) is 0 Å². The van der Waals surface area contributed by atoms with Crippen LogP contribution in [-0.4, -0.2) is 33.0 Å². The molecule has 1 amide bonds. The van der Waals surface area contributed by atoms with Crippen LogP contribution < -0.4 is 14.4 Å². The quantitative estimate of drug-likeness (QED) is 0.699. The highest BCUT2D eigenvalue weighted by Crippen LogP contribution is 2.26. The van der Waals surface area contributed by atoms with E-state index in [2.05, 4.69) is 10.1 Å². The van der Waals surface area contributed by atoms with E-state index in [0.29, 0.717) is 24.2 Å². The van der Waals surface area contributed by atoms with E-state index in [1.165, 1.54) is 34.7 Å². The third-order valence-electron chi connectivity index (χ3n) is 4.36. The van der Waals surface area contributed by atoms with Gasteiger partial charge in [0.05, 0.1) is 11.4 Å². The molecule has 2 aromatic rings. The Morgan fingerprint density at radius 1 is 1.13 bits per heavy atom. The SMILES string of the molecule is O=C(/C=C/c1ccc(N2CCCS2(=O)=O)cc1)NCc1ccccc1OC(F)(F)F. The van der Waals surface area contributed by atoms with Crippen molar-refractivity contribution in [2.45, 2.75) is 19.3 Å². The lowest BCUT2D eigenvalue weighted by molar-refractivity contribution is -0.274. The van der Waals surface area contributed by atoms with E-state index in [1.54, 1.807) is 30.3 Å². The van der Waals surface area contributed by atoms with Crippen LogP contribution in [0.25, 0.3) is 6.08 Å². The Labute approximate surface area is 172 Å². The Hall–Kier alpha value is -3.01. The lowest BCUT2D eigenvalue weighted by Crippen LogP contribution is -2.24. The number of anilines is 1. The monoisotopic (exact) mass is 440 g/mol. The van der Waals surface area contributed by atoms with Crippen LogP contribution in [0.5, 0.6) is 5.75 Å². The minimum Gasteiger partial charge on any atom is -0.405 e. The number of nitrogens with zero attached hydrogens (tertiary/aromatic N) is 1. The van der Waals surface area contributed by atoms with E-state index >= 15 is 0 Å². The normalized spacial score (nSPS) is 16.0. The molecule has 1 heterocycles. The molecule has 0 radical (unpaired) electrons. The summed E-state index contributed by atoms with van der Waals surface area (Å²) in [7, 11) is -3.26.